The molecule has 0 bridgehead atoms. The molecule has 22 heavy (non-hydrogen) atoms. The van der Waals surface area contributed by atoms with Crippen molar-refractivity contribution in [2.45, 2.75) is 32.5 Å². The summed E-state index contributed by atoms with van der Waals surface area (Å²) < 4.78 is 0. The van der Waals surface area contributed by atoms with Gasteiger partial charge < -0.3 is 10.2 Å². The van der Waals surface area contributed by atoms with Crippen LogP contribution in [0, 0.1) is 6.07 Å². The molecule has 0 fully saturated rings. The molecule has 1 aromatic heterocycles. The Labute approximate surface area is 143 Å². The zero-order valence-electron chi connectivity index (χ0n) is 12.5. The minimum Gasteiger partial charge on any atom is -0.393 e. The fourth-order valence-electron chi connectivity index (χ4n) is 2.14. The average Bonchev–Trinajstić information content (AvgIpc) is 2.46. The number of nitrogens with zero attached hydrogens (tertiary/aromatic N) is 2. The number of aliphatic hydroxyl groups excluding tert-OH is 2. The Hall–Kier alpha value is -1.39. The van der Waals surface area contributed by atoms with Gasteiger partial charge in [-0.05, 0) is 31.2 Å². The maximum Gasteiger partial charge on any atom is 0.105 e. The molecule has 0 aliphatic rings. The molecular formula is C17H19IrN2O2-. The number of aliphatic hydroxyl groups is 2. The minimum absolute atomic E-state index is 0. The zero-order chi connectivity index (χ0) is 15.2. The Kier molecular flexibility index (Phi) is 7.56. The summed E-state index contributed by atoms with van der Waals surface area (Å²) in [6.45, 7) is 3.32. The zero-order valence-corrected chi connectivity index (χ0v) is 14.9. The van der Waals surface area contributed by atoms with Crippen molar-refractivity contribution in [1.82, 2.24) is 9.97 Å². The quantitative estimate of drug-likeness (QED) is 0.442. The van der Waals surface area contributed by atoms with Crippen LogP contribution in [0.25, 0.3) is 21.7 Å². The first-order chi connectivity index (χ1) is 10.1. The third-order valence-electron chi connectivity index (χ3n) is 2.99. The van der Waals surface area contributed by atoms with Gasteiger partial charge in [-0.2, -0.15) is 0 Å². The molecule has 2 aromatic carbocycles. The van der Waals surface area contributed by atoms with Gasteiger partial charge in [-0.25, -0.2) is 4.98 Å². The van der Waals surface area contributed by atoms with E-state index < -0.39 is 0 Å². The number of hydrogen-bond donors (Lipinski definition) is 2. The van der Waals surface area contributed by atoms with Gasteiger partial charge in [-0.15, -0.1) is 35.0 Å². The molecule has 3 rings (SSSR count). The summed E-state index contributed by atoms with van der Waals surface area (Å²) >= 11 is 0. The average molecular weight is 476 g/mol. The summed E-state index contributed by atoms with van der Waals surface area (Å²) in [5.74, 6) is 0. The Morgan fingerprint density at radius 2 is 1.77 bits per heavy atom. The van der Waals surface area contributed by atoms with Crippen molar-refractivity contribution < 1.29 is 30.3 Å². The van der Waals surface area contributed by atoms with Crippen molar-refractivity contribution in [2.75, 3.05) is 0 Å². The molecule has 1 radical (unpaired) electrons. The van der Waals surface area contributed by atoms with Crippen molar-refractivity contribution in [3.05, 3.63) is 48.9 Å². The third kappa shape index (κ3) is 5.11. The van der Waals surface area contributed by atoms with E-state index in [1.807, 2.05) is 24.4 Å². The molecule has 2 atom stereocenters. The maximum absolute atomic E-state index is 8.56. The predicted molar refractivity (Wildman–Crippen MR) is 83.9 cm³/mol. The molecule has 0 saturated heterocycles. The van der Waals surface area contributed by atoms with E-state index in [9.17, 15) is 0 Å². The predicted octanol–water partition coefficient (Wildman–Crippen LogP) is 2.72. The summed E-state index contributed by atoms with van der Waals surface area (Å²) in [5, 5.41) is 20.4. The molecule has 4 nitrogen and oxygen atoms in total. The van der Waals surface area contributed by atoms with Crippen molar-refractivity contribution in [2.24, 2.45) is 0 Å². The van der Waals surface area contributed by atoms with Gasteiger partial charge in [0.1, 0.15) is 6.33 Å². The van der Waals surface area contributed by atoms with Gasteiger partial charge in [0.15, 0.2) is 0 Å². The van der Waals surface area contributed by atoms with Crippen LogP contribution in [0.4, 0.5) is 0 Å². The van der Waals surface area contributed by atoms with Crippen LogP contribution in [0.3, 0.4) is 0 Å². The van der Waals surface area contributed by atoms with E-state index in [1.54, 1.807) is 20.2 Å². The molecule has 0 aliphatic heterocycles. The fourth-order valence-corrected chi connectivity index (χ4v) is 2.14. The molecule has 0 saturated carbocycles. The number of aromatic nitrogens is 2. The van der Waals surface area contributed by atoms with E-state index >= 15 is 0 Å². The van der Waals surface area contributed by atoms with Gasteiger partial charge in [-0.1, -0.05) is 12.1 Å². The van der Waals surface area contributed by atoms with Crippen LogP contribution in [-0.4, -0.2) is 32.4 Å². The summed E-state index contributed by atoms with van der Waals surface area (Å²) in [6.07, 6.45) is 3.12. The van der Waals surface area contributed by atoms with Crippen molar-refractivity contribution in [3.63, 3.8) is 0 Å². The first kappa shape index (κ1) is 18.7. The van der Waals surface area contributed by atoms with Crippen molar-refractivity contribution >= 4 is 21.7 Å². The molecule has 2 N–H and O–H groups in total. The fraction of sp³-hybridized carbons (Fsp3) is 0.294. The number of fused-ring (bicyclic) bond motifs is 3. The first-order valence-corrected chi connectivity index (χ1v) is 6.93. The van der Waals surface area contributed by atoms with Crippen LogP contribution in [-0.2, 0) is 20.1 Å². The first-order valence-electron chi connectivity index (χ1n) is 6.93. The van der Waals surface area contributed by atoms with E-state index in [1.165, 1.54) is 5.39 Å². The topological polar surface area (TPSA) is 66.2 Å². The van der Waals surface area contributed by atoms with Crippen LogP contribution in [0.1, 0.15) is 20.3 Å². The summed E-state index contributed by atoms with van der Waals surface area (Å²) in [5.41, 5.74) is 0.970. The standard InChI is InChI=1S/C12H7N2.C5H12O2.Ir/c1-2-4-11-9(3-1)5-6-10-7-13-8-14-12(10)11;1-4(6)3-5(2)7;/h1-3,5-8H;4-7H,3H2,1-2H3;/q-1;;. The Morgan fingerprint density at radius 3 is 2.41 bits per heavy atom. The molecule has 0 spiro atoms. The second kappa shape index (κ2) is 8.91. The number of benzene rings is 2. The van der Waals surface area contributed by atoms with Crippen LogP contribution >= 0.6 is 0 Å². The number of rotatable bonds is 2. The molecule has 119 valence electrons. The Morgan fingerprint density at radius 1 is 1.09 bits per heavy atom. The second-order valence-corrected chi connectivity index (χ2v) is 5.09. The van der Waals surface area contributed by atoms with Crippen molar-refractivity contribution in [1.29, 1.82) is 0 Å². The van der Waals surface area contributed by atoms with Crippen molar-refractivity contribution in [3.8, 4) is 0 Å². The van der Waals surface area contributed by atoms with Crippen LogP contribution in [0.5, 0.6) is 0 Å². The van der Waals surface area contributed by atoms with Gasteiger partial charge in [0.2, 0.25) is 0 Å². The van der Waals surface area contributed by atoms with Crippen LogP contribution < -0.4 is 0 Å². The summed E-state index contributed by atoms with van der Waals surface area (Å²) in [7, 11) is 0. The normalized spacial score (nSPS) is 12.9. The van der Waals surface area contributed by atoms with Gasteiger partial charge in [-0.3, -0.25) is 4.98 Å². The third-order valence-corrected chi connectivity index (χ3v) is 2.99. The van der Waals surface area contributed by atoms with Gasteiger partial charge in [0.05, 0.1) is 12.2 Å². The minimum atomic E-state index is -0.375. The van der Waals surface area contributed by atoms with E-state index in [0.29, 0.717) is 6.42 Å². The molecular weight excluding hydrogens is 456 g/mol. The van der Waals surface area contributed by atoms with E-state index in [4.69, 9.17) is 10.2 Å². The smallest absolute Gasteiger partial charge is 0.105 e. The molecule has 3 aromatic rings. The van der Waals surface area contributed by atoms with Crippen LogP contribution in [0.15, 0.2) is 42.9 Å². The monoisotopic (exact) mass is 476 g/mol. The molecule has 0 amide bonds. The van der Waals surface area contributed by atoms with Gasteiger partial charge in [0.25, 0.3) is 0 Å². The van der Waals surface area contributed by atoms with Crippen LogP contribution in [0.2, 0.25) is 0 Å². The Balaban J connectivity index is 0.000000264. The molecule has 2 unspecified atom stereocenters. The largest absolute Gasteiger partial charge is 0.393 e. The Bertz CT molecular complexity index is 656. The molecule has 0 aliphatic carbocycles. The maximum atomic E-state index is 8.56. The number of hydrogen-bond acceptors (Lipinski definition) is 4. The van der Waals surface area contributed by atoms with Gasteiger partial charge in [0, 0.05) is 26.3 Å². The van der Waals surface area contributed by atoms with Gasteiger partial charge >= 0.3 is 0 Å². The summed E-state index contributed by atoms with van der Waals surface area (Å²) in [6, 6.07) is 13.3. The van der Waals surface area contributed by atoms with E-state index in [2.05, 4.69) is 28.2 Å². The SMILES string of the molecule is CC(O)CC(C)O.[Ir].[c-]1cccc2ccc3cncnc3c12. The van der Waals surface area contributed by atoms with E-state index in [0.717, 1.165) is 16.3 Å². The second-order valence-electron chi connectivity index (χ2n) is 5.09. The van der Waals surface area contributed by atoms with E-state index in [-0.39, 0.29) is 32.3 Å². The molecule has 5 heteroatoms. The summed E-state index contributed by atoms with van der Waals surface area (Å²) in [4.78, 5) is 8.26. The molecule has 1 heterocycles.